The second-order valence-electron chi connectivity index (χ2n) is 11.2. The second kappa shape index (κ2) is 14.6. The summed E-state index contributed by atoms with van der Waals surface area (Å²) in [5, 5.41) is 0. The van der Waals surface area contributed by atoms with E-state index in [1.165, 1.54) is 17.2 Å². The SMILES string of the molecule is CCN(Cc1ccccc1)c1ccc(C(=C2C=CC(N(CC)Cc3ccccc3)C=C2)c2ccc(S(=O)(=O)O)cc2S(=O)(=O)O)cc1. The molecule has 0 unspecified atom stereocenters. The fraction of sp³-hybridized carbons (Fsp3) is 0.189. The van der Waals surface area contributed by atoms with Crippen molar-refractivity contribution in [1.82, 2.24) is 4.90 Å². The lowest BCUT2D eigenvalue weighted by molar-refractivity contribution is 0.264. The summed E-state index contributed by atoms with van der Waals surface area (Å²) in [5.74, 6) is 0. The molecular formula is C37H38N2O6S2. The molecule has 244 valence electrons. The third kappa shape index (κ3) is 8.34. The maximum absolute atomic E-state index is 12.7. The van der Waals surface area contributed by atoms with E-state index in [-0.39, 0.29) is 11.6 Å². The second-order valence-corrected chi connectivity index (χ2v) is 14.1. The van der Waals surface area contributed by atoms with Crippen LogP contribution >= 0.6 is 0 Å². The zero-order chi connectivity index (χ0) is 33.6. The van der Waals surface area contributed by atoms with Gasteiger partial charge in [0.25, 0.3) is 20.2 Å². The van der Waals surface area contributed by atoms with Crippen LogP contribution < -0.4 is 4.90 Å². The number of hydrogen-bond donors (Lipinski definition) is 2. The Balaban J connectivity index is 1.59. The Kier molecular flexibility index (Phi) is 10.6. The Labute approximate surface area is 277 Å². The quantitative estimate of drug-likeness (QED) is 0.155. The number of nitrogens with zero attached hydrogens (tertiary/aromatic N) is 2. The summed E-state index contributed by atoms with van der Waals surface area (Å²) in [4.78, 5) is 3.25. The number of likely N-dealkylation sites (N-methyl/N-ethyl adjacent to an activating group) is 1. The van der Waals surface area contributed by atoms with Crippen molar-refractivity contribution in [2.45, 2.75) is 42.8 Å². The van der Waals surface area contributed by atoms with Crippen molar-refractivity contribution < 1.29 is 25.9 Å². The van der Waals surface area contributed by atoms with Gasteiger partial charge < -0.3 is 4.90 Å². The standard InChI is InChI=1S/C37H38N2O6S2/c1-3-38(26-28-11-7-5-8-12-28)32-19-15-30(16-20-32)37(35-24-23-34(46(40,41)42)25-36(35)47(43,44)45)31-17-21-33(22-18-31)39(4-2)27-29-13-9-6-10-14-29/h5-25,32H,3-4,26-27H2,1-2H3,(H,40,41,42)(H,43,44,45). The van der Waals surface area contributed by atoms with Crippen LogP contribution in [0.5, 0.6) is 0 Å². The lowest BCUT2D eigenvalue weighted by Crippen LogP contribution is -2.32. The van der Waals surface area contributed by atoms with Crippen molar-refractivity contribution in [3.63, 3.8) is 0 Å². The molecule has 0 heterocycles. The first-order valence-electron chi connectivity index (χ1n) is 15.3. The van der Waals surface area contributed by atoms with Crippen LogP contribution in [0.15, 0.2) is 143 Å². The van der Waals surface area contributed by atoms with Crippen molar-refractivity contribution in [3.05, 3.63) is 155 Å². The predicted octanol–water partition coefficient (Wildman–Crippen LogP) is 7.03. The molecule has 0 fully saturated rings. The molecule has 2 N–H and O–H groups in total. The average Bonchev–Trinajstić information content (AvgIpc) is 3.07. The van der Waals surface area contributed by atoms with Gasteiger partial charge in [0.05, 0.1) is 4.90 Å². The molecule has 0 amide bonds. The Morgan fingerprint density at radius 2 is 1.26 bits per heavy atom. The lowest BCUT2D eigenvalue weighted by Gasteiger charge is -2.28. The highest BCUT2D eigenvalue weighted by Crippen LogP contribution is 2.36. The van der Waals surface area contributed by atoms with E-state index in [9.17, 15) is 25.9 Å². The molecule has 0 atom stereocenters. The topological polar surface area (TPSA) is 115 Å². The molecule has 5 rings (SSSR count). The van der Waals surface area contributed by atoms with Crippen molar-refractivity contribution in [2.75, 3.05) is 18.0 Å². The van der Waals surface area contributed by atoms with Crippen LogP contribution in [0, 0.1) is 0 Å². The molecule has 0 spiro atoms. The molecule has 1 aliphatic carbocycles. The molecule has 0 saturated carbocycles. The van der Waals surface area contributed by atoms with Gasteiger partial charge in [-0.2, -0.15) is 16.8 Å². The van der Waals surface area contributed by atoms with Gasteiger partial charge in [-0.25, -0.2) is 0 Å². The highest BCUT2D eigenvalue weighted by molar-refractivity contribution is 7.86. The molecule has 0 aromatic heterocycles. The largest absolute Gasteiger partial charge is 0.367 e. The van der Waals surface area contributed by atoms with E-state index < -0.39 is 30.0 Å². The minimum absolute atomic E-state index is 0.0216. The third-order valence-electron chi connectivity index (χ3n) is 8.21. The van der Waals surface area contributed by atoms with Gasteiger partial charge in [-0.05, 0) is 65.6 Å². The fourth-order valence-electron chi connectivity index (χ4n) is 5.77. The number of rotatable bonds is 12. The molecule has 1 aliphatic rings. The molecule has 4 aromatic carbocycles. The van der Waals surface area contributed by atoms with E-state index >= 15 is 0 Å². The van der Waals surface area contributed by atoms with Crippen LogP contribution in [-0.2, 0) is 33.3 Å². The predicted molar refractivity (Wildman–Crippen MR) is 186 cm³/mol. The number of anilines is 1. The van der Waals surface area contributed by atoms with E-state index in [1.807, 2.05) is 85.0 Å². The molecule has 47 heavy (non-hydrogen) atoms. The van der Waals surface area contributed by atoms with Crippen LogP contribution in [0.2, 0.25) is 0 Å². The van der Waals surface area contributed by atoms with Crippen molar-refractivity contribution in [2.24, 2.45) is 0 Å². The molecular weight excluding hydrogens is 633 g/mol. The Hall–Kier alpha value is -4.32. The zero-order valence-corrected chi connectivity index (χ0v) is 27.9. The van der Waals surface area contributed by atoms with Gasteiger partial charge in [-0.1, -0.05) is 110 Å². The lowest BCUT2D eigenvalue weighted by atomic mass is 9.90. The highest BCUT2D eigenvalue weighted by atomic mass is 32.2. The molecule has 10 heteroatoms. The summed E-state index contributed by atoms with van der Waals surface area (Å²) in [6, 6.07) is 31.2. The van der Waals surface area contributed by atoms with Crippen LogP contribution in [0.25, 0.3) is 5.57 Å². The van der Waals surface area contributed by atoms with E-state index in [0.717, 1.165) is 37.5 Å². The highest BCUT2D eigenvalue weighted by Gasteiger charge is 2.25. The van der Waals surface area contributed by atoms with Crippen molar-refractivity contribution in [1.29, 1.82) is 0 Å². The number of allylic oxidation sites excluding steroid dienone is 3. The fourth-order valence-corrected chi connectivity index (χ4v) is 7.07. The van der Waals surface area contributed by atoms with Crippen molar-refractivity contribution >= 4 is 31.5 Å². The van der Waals surface area contributed by atoms with Gasteiger partial charge in [0.15, 0.2) is 0 Å². The first kappa shape index (κ1) is 34.0. The minimum atomic E-state index is -4.91. The van der Waals surface area contributed by atoms with Gasteiger partial charge in [0.1, 0.15) is 4.90 Å². The van der Waals surface area contributed by atoms with E-state index in [0.29, 0.717) is 23.3 Å². The van der Waals surface area contributed by atoms with Gasteiger partial charge in [0, 0.05) is 36.9 Å². The summed E-state index contributed by atoms with van der Waals surface area (Å²) in [7, 11) is -9.64. The smallest absolute Gasteiger partial charge is 0.295 e. The van der Waals surface area contributed by atoms with Gasteiger partial charge in [-0.3, -0.25) is 14.0 Å². The normalized spacial score (nSPS) is 14.8. The third-order valence-corrected chi connectivity index (χ3v) is 9.95. The van der Waals surface area contributed by atoms with Gasteiger partial charge in [0.2, 0.25) is 0 Å². The van der Waals surface area contributed by atoms with Crippen LogP contribution in [0.1, 0.15) is 36.1 Å². The monoisotopic (exact) mass is 670 g/mol. The van der Waals surface area contributed by atoms with E-state index in [2.05, 4.69) is 47.9 Å². The molecule has 0 radical (unpaired) electrons. The maximum Gasteiger partial charge on any atom is 0.295 e. The molecule has 8 nitrogen and oxygen atoms in total. The Morgan fingerprint density at radius 3 is 1.77 bits per heavy atom. The summed E-state index contributed by atoms with van der Waals surface area (Å²) in [6.45, 7) is 7.17. The molecule has 4 aromatic rings. The first-order chi connectivity index (χ1) is 22.5. The van der Waals surface area contributed by atoms with E-state index in [4.69, 9.17) is 0 Å². The van der Waals surface area contributed by atoms with E-state index in [1.54, 1.807) is 0 Å². The molecule has 0 saturated heterocycles. The number of benzene rings is 4. The van der Waals surface area contributed by atoms with Crippen LogP contribution in [0.4, 0.5) is 5.69 Å². The summed E-state index contributed by atoms with van der Waals surface area (Å²) in [5.41, 5.74) is 5.23. The molecule has 0 aliphatic heterocycles. The summed E-state index contributed by atoms with van der Waals surface area (Å²) in [6.07, 6.45) is 7.91. The zero-order valence-electron chi connectivity index (χ0n) is 26.3. The van der Waals surface area contributed by atoms with Crippen LogP contribution in [-0.4, -0.2) is 50.0 Å². The number of hydrogen-bond acceptors (Lipinski definition) is 6. The molecule has 0 bridgehead atoms. The first-order valence-corrected chi connectivity index (χ1v) is 18.2. The summed E-state index contributed by atoms with van der Waals surface area (Å²) >= 11 is 0. The van der Waals surface area contributed by atoms with Crippen LogP contribution in [0.3, 0.4) is 0 Å². The Morgan fingerprint density at radius 1 is 0.681 bits per heavy atom. The average molecular weight is 671 g/mol. The maximum atomic E-state index is 12.7. The van der Waals surface area contributed by atoms with Gasteiger partial charge in [-0.15, -0.1) is 0 Å². The van der Waals surface area contributed by atoms with Gasteiger partial charge >= 0.3 is 0 Å². The summed E-state index contributed by atoms with van der Waals surface area (Å²) < 4.78 is 69.1. The van der Waals surface area contributed by atoms with Crippen molar-refractivity contribution in [3.8, 4) is 0 Å². The minimum Gasteiger partial charge on any atom is -0.367 e. The Bertz CT molecular complexity index is 1990.